The van der Waals surface area contributed by atoms with Crippen LogP contribution in [0.3, 0.4) is 0 Å². The van der Waals surface area contributed by atoms with Gasteiger partial charge in [-0.3, -0.25) is 4.79 Å². The van der Waals surface area contributed by atoms with Gasteiger partial charge >= 0.3 is 0 Å². The average Bonchev–Trinajstić information content (AvgIpc) is 2.70. The molecule has 4 nitrogen and oxygen atoms in total. The number of hydrogen-bond donors (Lipinski definition) is 2. The highest BCUT2D eigenvalue weighted by Gasteiger charge is 2.43. The van der Waals surface area contributed by atoms with E-state index < -0.39 is 11.5 Å². The number of carbonyl (C=O) groups is 1. The van der Waals surface area contributed by atoms with Crippen LogP contribution in [-0.4, -0.2) is 46.8 Å². The minimum Gasteiger partial charge on any atom is -0.396 e. The van der Waals surface area contributed by atoms with Crippen LogP contribution in [0.4, 0.5) is 0 Å². The van der Waals surface area contributed by atoms with Gasteiger partial charge in [0.25, 0.3) is 5.91 Å². The van der Waals surface area contributed by atoms with Crippen LogP contribution >= 0.6 is 0 Å². The lowest BCUT2D eigenvalue weighted by Crippen LogP contribution is -2.55. The fraction of sp³-hybridized carbons (Fsp3) is 0.409. The number of likely N-dealkylation sites (tertiary alicyclic amines) is 1. The number of amides is 1. The van der Waals surface area contributed by atoms with Gasteiger partial charge in [-0.25, -0.2) is 0 Å². The lowest BCUT2D eigenvalue weighted by Gasteiger charge is -2.45. The maximum absolute atomic E-state index is 13.1. The van der Waals surface area contributed by atoms with Crippen molar-refractivity contribution < 1.29 is 15.0 Å². The van der Waals surface area contributed by atoms with Crippen molar-refractivity contribution in [1.29, 1.82) is 0 Å². The molecule has 0 spiro atoms. The molecule has 0 unspecified atom stereocenters. The second-order valence-electron chi connectivity index (χ2n) is 7.25. The van der Waals surface area contributed by atoms with Gasteiger partial charge in [0.15, 0.2) is 0 Å². The fourth-order valence-corrected chi connectivity index (χ4v) is 3.95. The van der Waals surface area contributed by atoms with Crippen LogP contribution in [0.2, 0.25) is 0 Å². The van der Waals surface area contributed by atoms with Gasteiger partial charge in [0.2, 0.25) is 0 Å². The van der Waals surface area contributed by atoms with Gasteiger partial charge in [0.05, 0.1) is 12.7 Å². The van der Waals surface area contributed by atoms with Crippen molar-refractivity contribution in [2.24, 2.45) is 5.41 Å². The van der Waals surface area contributed by atoms with Gasteiger partial charge in [-0.15, -0.1) is 0 Å². The molecule has 3 rings (SSSR count). The molecule has 0 aliphatic carbocycles. The Morgan fingerprint density at radius 3 is 2.58 bits per heavy atom. The number of rotatable bonds is 5. The summed E-state index contributed by atoms with van der Waals surface area (Å²) < 4.78 is 0. The number of piperidine rings is 1. The average molecular weight is 353 g/mol. The molecule has 0 bridgehead atoms. The highest BCUT2D eigenvalue weighted by atomic mass is 16.3. The quantitative estimate of drug-likeness (QED) is 0.867. The lowest BCUT2D eigenvalue weighted by molar-refractivity contribution is -0.0720. The maximum atomic E-state index is 13.1. The second kappa shape index (κ2) is 8.02. The van der Waals surface area contributed by atoms with E-state index in [-0.39, 0.29) is 12.5 Å². The van der Waals surface area contributed by atoms with Crippen LogP contribution in [-0.2, 0) is 0 Å². The van der Waals surface area contributed by atoms with E-state index in [1.165, 1.54) is 0 Å². The Hall–Kier alpha value is -2.17. The molecule has 1 amide bonds. The van der Waals surface area contributed by atoms with Crippen LogP contribution in [0.25, 0.3) is 11.1 Å². The molecule has 1 aliphatic heterocycles. The minimum absolute atomic E-state index is 0.0383. The van der Waals surface area contributed by atoms with E-state index in [1.807, 2.05) is 61.5 Å². The standard InChI is InChI=1S/C22H27NO3/c1-2-12-22(16-24)15-23(13-11-20(22)25)21(26)19-10-6-9-18(14-19)17-7-4-3-5-8-17/h3-10,14,20,24-25H,2,11-13,15-16H2,1H3/t20-,22-/m0/s1. The zero-order chi connectivity index (χ0) is 18.6. The van der Waals surface area contributed by atoms with E-state index in [4.69, 9.17) is 0 Å². The van der Waals surface area contributed by atoms with Crippen molar-refractivity contribution >= 4 is 5.91 Å². The van der Waals surface area contributed by atoms with E-state index in [0.717, 1.165) is 17.5 Å². The minimum atomic E-state index is -0.611. The molecule has 0 radical (unpaired) electrons. The van der Waals surface area contributed by atoms with Gasteiger partial charge in [0.1, 0.15) is 0 Å². The highest BCUT2D eigenvalue weighted by molar-refractivity contribution is 5.95. The number of carbonyl (C=O) groups excluding carboxylic acids is 1. The van der Waals surface area contributed by atoms with E-state index in [9.17, 15) is 15.0 Å². The third kappa shape index (κ3) is 3.67. The summed E-state index contributed by atoms with van der Waals surface area (Å²) in [5, 5.41) is 20.3. The monoisotopic (exact) mass is 353 g/mol. The molecule has 0 saturated carbocycles. The predicted molar refractivity (Wildman–Crippen MR) is 103 cm³/mol. The van der Waals surface area contributed by atoms with Crippen molar-refractivity contribution in [3.63, 3.8) is 0 Å². The van der Waals surface area contributed by atoms with Gasteiger partial charge < -0.3 is 15.1 Å². The second-order valence-corrected chi connectivity index (χ2v) is 7.25. The first-order valence-electron chi connectivity index (χ1n) is 9.33. The smallest absolute Gasteiger partial charge is 0.253 e. The first-order valence-corrected chi connectivity index (χ1v) is 9.33. The summed E-state index contributed by atoms with van der Waals surface area (Å²) >= 11 is 0. The van der Waals surface area contributed by atoms with Crippen molar-refractivity contribution in [2.75, 3.05) is 19.7 Å². The number of benzene rings is 2. The van der Waals surface area contributed by atoms with E-state index in [2.05, 4.69) is 0 Å². The molecule has 1 heterocycles. The predicted octanol–water partition coefficient (Wildman–Crippen LogP) is 3.34. The summed E-state index contributed by atoms with van der Waals surface area (Å²) in [7, 11) is 0. The van der Waals surface area contributed by atoms with E-state index in [1.54, 1.807) is 4.90 Å². The molecule has 2 atom stereocenters. The zero-order valence-electron chi connectivity index (χ0n) is 15.3. The van der Waals surface area contributed by atoms with Crippen molar-refractivity contribution in [3.05, 3.63) is 60.2 Å². The molecule has 1 aliphatic rings. The van der Waals surface area contributed by atoms with Gasteiger partial charge in [0, 0.05) is 24.1 Å². The highest BCUT2D eigenvalue weighted by Crippen LogP contribution is 2.35. The Morgan fingerprint density at radius 2 is 1.88 bits per heavy atom. The molecule has 0 aromatic heterocycles. The summed E-state index contributed by atoms with van der Waals surface area (Å²) in [6, 6.07) is 17.6. The van der Waals surface area contributed by atoms with Crippen LogP contribution in [0, 0.1) is 5.41 Å². The summed E-state index contributed by atoms with van der Waals surface area (Å²) in [5.41, 5.74) is 2.12. The summed E-state index contributed by atoms with van der Waals surface area (Å²) in [6.07, 6.45) is 1.51. The van der Waals surface area contributed by atoms with Crippen LogP contribution < -0.4 is 0 Å². The summed E-state index contributed by atoms with van der Waals surface area (Å²) in [5.74, 6) is -0.0383. The molecule has 2 aromatic carbocycles. The molecule has 138 valence electrons. The van der Waals surface area contributed by atoms with Crippen LogP contribution in [0.1, 0.15) is 36.5 Å². The fourth-order valence-electron chi connectivity index (χ4n) is 3.95. The Labute approximate surface area is 155 Å². The molecule has 2 N–H and O–H groups in total. The van der Waals surface area contributed by atoms with Gasteiger partial charge in [-0.2, -0.15) is 0 Å². The third-order valence-electron chi connectivity index (χ3n) is 5.45. The molecule has 2 aromatic rings. The Balaban J connectivity index is 1.83. The first kappa shape index (κ1) is 18.6. The summed E-state index contributed by atoms with van der Waals surface area (Å²) in [6.45, 7) is 2.85. The third-order valence-corrected chi connectivity index (χ3v) is 5.45. The van der Waals surface area contributed by atoms with Crippen molar-refractivity contribution in [2.45, 2.75) is 32.3 Å². The molecule has 1 fully saturated rings. The molecule has 26 heavy (non-hydrogen) atoms. The van der Waals surface area contributed by atoms with Gasteiger partial charge in [-0.05, 0) is 36.1 Å². The number of nitrogens with zero attached hydrogens (tertiary/aromatic N) is 1. The SMILES string of the molecule is CCC[C@@]1(CO)CN(C(=O)c2cccc(-c3ccccc3)c2)CC[C@@H]1O. The van der Waals surface area contributed by atoms with Gasteiger partial charge in [-0.1, -0.05) is 55.8 Å². The molecular weight excluding hydrogens is 326 g/mol. The van der Waals surface area contributed by atoms with Crippen molar-refractivity contribution in [1.82, 2.24) is 4.90 Å². The molecular formula is C22H27NO3. The van der Waals surface area contributed by atoms with E-state index >= 15 is 0 Å². The lowest BCUT2D eigenvalue weighted by atomic mass is 9.74. The largest absolute Gasteiger partial charge is 0.396 e. The normalized spacial score (nSPS) is 23.0. The number of aliphatic hydroxyl groups excluding tert-OH is 2. The van der Waals surface area contributed by atoms with Crippen molar-refractivity contribution in [3.8, 4) is 11.1 Å². The topological polar surface area (TPSA) is 60.8 Å². The number of hydrogen-bond acceptors (Lipinski definition) is 3. The van der Waals surface area contributed by atoms with Crippen LogP contribution in [0.15, 0.2) is 54.6 Å². The number of aliphatic hydroxyl groups is 2. The Bertz CT molecular complexity index is 746. The molecule has 4 heteroatoms. The molecule has 1 saturated heterocycles. The van der Waals surface area contributed by atoms with Crippen LogP contribution in [0.5, 0.6) is 0 Å². The van der Waals surface area contributed by atoms with E-state index in [0.29, 0.717) is 31.5 Å². The first-order chi connectivity index (χ1) is 12.6. The zero-order valence-corrected chi connectivity index (χ0v) is 15.3. The Morgan fingerprint density at radius 1 is 1.15 bits per heavy atom. The summed E-state index contributed by atoms with van der Waals surface area (Å²) in [4.78, 5) is 14.8. The Kier molecular flexibility index (Phi) is 5.74. The maximum Gasteiger partial charge on any atom is 0.253 e.